The van der Waals surface area contributed by atoms with Crippen LogP contribution in [0.2, 0.25) is 0 Å². The first-order valence-electron chi connectivity index (χ1n) is 9.70. The van der Waals surface area contributed by atoms with Crippen molar-refractivity contribution in [1.29, 1.82) is 0 Å². The molecule has 148 valence electrons. The molecule has 0 aliphatic heterocycles. The quantitative estimate of drug-likeness (QED) is 0.460. The van der Waals surface area contributed by atoms with Crippen LogP contribution < -0.4 is 5.32 Å². The van der Waals surface area contributed by atoms with E-state index < -0.39 is 6.09 Å². The zero-order chi connectivity index (χ0) is 19.6. The average molecular weight is 381 g/mol. The lowest BCUT2D eigenvalue weighted by molar-refractivity contribution is 0.115. The van der Waals surface area contributed by atoms with Crippen LogP contribution in [0.25, 0.3) is 11.1 Å². The summed E-state index contributed by atoms with van der Waals surface area (Å²) in [5.41, 5.74) is 4.86. The molecule has 0 fully saturated rings. The molecule has 0 spiro atoms. The molecule has 28 heavy (non-hydrogen) atoms. The number of alkyl carbamates (subject to hydrolysis) is 1. The Bertz CT molecular complexity index is 744. The predicted molar refractivity (Wildman–Crippen MR) is 109 cm³/mol. The van der Waals surface area contributed by atoms with Crippen LogP contribution in [0.3, 0.4) is 0 Å². The van der Waals surface area contributed by atoms with E-state index in [-0.39, 0.29) is 5.92 Å². The summed E-state index contributed by atoms with van der Waals surface area (Å²) < 4.78 is 16.0. The molecule has 1 N–H and O–H groups in total. The van der Waals surface area contributed by atoms with Crippen LogP contribution >= 0.6 is 0 Å². The minimum atomic E-state index is -0.412. The Balaban J connectivity index is 1.38. The molecule has 5 nitrogen and oxygen atoms in total. The van der Waals surface area contributed by atoms with Crippen molar-refractivity contribution in [3.63, 3.8) is 0 Å². The molecule has 2 aromatic rings. The van der Waals surface area contributed by atoms with Crippen molar-refractivity contribution in [2.24, 2.45) is 0 Å². The van der Waals surface area contributed by atoms with Crippen molar-refractivity contribution in [3.8, 4) is 11.1 Å². The third-order valence-electron chi connectivity index (χ3n) is 4.78. The second kappa shape index (κ2) is 10.5. The largest absolute Gasteiger partial charge is 0.502 e. The zero-order valence-corrected chi connectivity index (χ0v) is 16.1. The minimum Gasteiger partial charge on any atom is -0.502 e. The topological polar surface area (TPSA) is 56.8 Å². The highest BCUT2D eigenvalue weighted by Gasteiger charge is 2.28. The normalized spacial score (nSPS) is 12.1. The lowest BCUT2D eigenvalue weighted by atomic mass is 9.98. The van der Waals surface area contributed by atoms with Gasteiger partial charge in [0, 0.05) is 19.1 Å². The Morgan fingerprint density at radius 2 is 1.61 bits per heavy atom. The molecule has 0 radical (unpaired) electrons. The highest BCUT2D eigenvalue weighted by atomic mass is 16.5. The van der Waals surface area contributed by atoms with E-state index in [1.165, 1.54) is 28.5 Å². The smallest absolute Gasteiger partial charge is 0.407 e. The molecule has 0 saturated carbocycles. The van der Waals surface area contributed by atoms with Gasteiger partial charge in [-0.05, 0) is 35.1 Å². The monoisotopic (exact) mass is 381 g/mol. The number of hydrogen-bond donors (Lipinski definition) is 1. The highest BCUT2D eigenvalue weighted by molar-refractivity contribution is 5.79. The van der Waals surface area contributed by atoms with Gasteiger partial charge in [-0.15, -0.1) is 0 Å². The number of unbranched alkanes of at least 4 members (excludes halogenated alkanes) is 1. The summed E-state index contributed by atoms with van der Waals surface area (Å²) in [7, 11) is 0. The predicted octanol–water partition coefficient (Wildman–Crippen LogP) is 4.48. The highest BCUT2D eigenvalue weighted by Crippen LogP contribution is 2.44. The first-order chi connectivity index (χ1) is 13.8. The molecule has 3 rings (SSSR count). The van der Waals surface area contributed by atoms with Crippen LogP contribution in [0.4, 0.5) is 4.79 Å². The van der Waals surface area contributed by atoms with Crippen molar-refractivity contribution in [1.82, 2.24) is 5.32 Å². The number of carbonyl (C=O) groups excluding carboxylic acids is 1. The summed E-state index contributed by atoms with van der Waals surface area (Å²) in [4.78, 5) is 12.0. The van der Waals surface area contributed by atoms with Gasteiger partial charge in [0.2, 0.25) is 0 Å². The summed E-state index contributed by atoms with van der Waals surface area (Å²) >= 11 is 0. The number of amides is 1. The van der Waals surface area contributed by atoms with E-state index >= 15 is 0 Å². The van der Waals surface area contributed by atoms with Gasteiger partial charge in [0.15, 0.2) is 0 Å². The van der Waals surface area contributed by atoms with Crippen LogP contribution in [-0.4, -0.2) is 39.1 Å². The van der Waals surface area contributed by atoms with Crippen LogP contribution in [-0.2, 0) is 14.2 Å². The number of ether oxygens (including phenoxy) is 3. The molecule has 0 saturated heterocycles. The second-order valence-corrected chi connectivity index (χ2v) is 6.61. The molecule has 0 atom stereocenters. The molecule has 0 heterocycles. The van der Waals surface area contributed by atoms with E-state index in [1.54, 1.807) is 0 Å². The lowest BCUT2D eigenvalue weighted by Crippen LogP contribution is -2.29. The van der Waals surface area contributed by atoms with Gasteiger partial charge in [0.25, 0.3) is 0 Å². The molecule has 0 bridgehead atoms. The van der Waals surface area contributed by atoms with Crippen molar-refractivity contribution in [3.05, 3.63) is 72.5 Å². The summed E-state index contributed by atoms with van der Waals surface area (Å²) in [6.07, 6.45) is 2.87. The van der Waals surface area contributed by atoms with Gasteiger partial charge in [-0.25, -0.2) is 4.79 Å². The van der Waals surface area contributed by atoms with Crippen molar-refractivity contribution < 1.29 is 19.0 Å². The average Bonchev–Trinajstić information content (AvgIpc) is 3.05. The third kappa shape index (κ3) is 5.14. The Morgan fingerprint density at radius 1 is 0.964 bits per heavy atom. The fourth-order valence-corrected chi connectivity index (χ4v) is 3.45. The van der Waals surface area contributed by atoms with Gasteiger partial charge < -0.3 is 19.5 Å². The SMILES string of the molecule is C=COCCCCOCCNC(=O)OCC1c2ccccc2-c2ccccc21. The standard InChI is InChI=1S/C23H27NO4/c1-2-26-14-7-8-15-27-16-13-24-23(25)28-17-22-20-11-5-3-9-18(20)19-10-4-6-12-21(19)22/h2-6,9-12,22H,1,7-8,13-17H2,(H,24,25). The molecule has 1 aliphatic rings. The zero-order valence-electron chi connectivity index (χ0n) is 16.1. The molecular formula is C23H27NO4. The number of nitrogens with one attached hydrogen (secondary N) is 1. The Kier molecular flexibility index (Phi) is 7.50. The van der Waals surface area contributed by atoms with Crippen molar-refractivity contribution >= 4 is 6.09 Å². The number of benzene rings is 2. The fraction of sp³-hybridized carbons (Fsp3) is 0.348. The number of fused-ring (bicyclic) bond motifs is 3. The van der Waals surface area contributed by atoms with Gasteiger partial charge in [-0.1, -0.05) is 55.1 Å². The molecule has 0 unspecified atom stereocenters. The third-order valence-corrected chi connectivity index (χ3v) is 4.78. The summed E-state index contributed by atoms with van der Waals surface area (Å²) in [6.45, 7) is 6.01. The Morgan fingerprint density at radius 3 is 2.29 bits per heavy atom. The molecule has 1 amide bonds. The minimum absolute atomic E-state index is 0.0761. The number of carbonyl (C=O) groups is 1. The molecule has 0 aromatic heterocycles. The fourth-order valence-electron chi connectivity index (χ4n) is 3.45. The van der Waals surface area contributed by atoms with E-state index in [1.807, 2.05) is 24.3 Å². The maximum absolute atomic E-state index is 12.0. The first kappa shape index (κ1) is 20.0. The Labute approximate surface area is 166 Å². The van der Waals surface area contributed by atoms with Crippen LogP contribution in [0.15, 0.2) is 61.4 Å². The lowest BCUT2D eigenvalue weighted by Gasteiger charge is -2.14. The number of rotatable bonds is 11. The van der Waals surface area contributed by atoms with Crippen LogP contribution in [0.5, 0.6) is 0 Å². The van der Waals surface area contributed by atoms with E-state index in [9.17, 15) is 4.79 Å². The van der Waals surface area contributed by atoms with Crippen molar-refractivity contribution in [2.75, 3.05) is 33.0 Å². The van der Waals surface area contributed by atoms with Gasteiger partial charge in [-0.2, -0.15) is 0 Å². The van der Waals surface area contributed by atoms with Crippen molar-refractivity contribution in [2.45, 2.75) is 18.8 Å². The summed E-state index contributed by atoms with van der Waals surface area (Å²) in [6, 6.07) is 16.6. The second-order valence-electron chi connectivity index (χ2n) is 6.61. The van der Waals surface area contributed by atoms with Gasteiger partial charge >= 0.3 is 6.09 Å². The Hall–Kier alpha value is -2.79. The molecular weight excluding hydrogens is 354 g/mol. The maximum atomic E-state index is 12.0. The van der Waals surface area contributed by atoms with Gasteiger partial charge in [0.05, 0.1) is 19.5 Å². The molecule has 5 heteroatoms. The first-order valence-corrected chi connectivity index (χ1v) is 9.70. The van der Waals surface area contributed by atoms with Crippen LogP contribution in [0.1, 0.15) is 29.9 Å². The summed E-state index contributed by atoms with van der Waals surface area (Å²) in [5, 5.41) is 2.74. The van der Waals surface area contributed by atoms with Gasteiger partial charge in [0.1, 0.15) is 6.61 Å². The summed E-state index contributed by atoms with van der Waals surface area (Å²) in [5.74, 6) is 0.0761. The van der Waals surface area contributed by atoms with E-state index in [0.717, 1.165) is 12.8 Å². The van der Waals surface area contributed by atoms with E-state index in [2.05, 4.69) is 36.2 Å². The van der Waals surface area contributed by atoms with E-state index in [4.69, 9.17) is 14.2 Å². The molecule has 2 aromatic carbocycles. The number of hydrogen-bond acceptors (Lipinski definition) is 4. The van der Waals surface area contributed by atoms with Crippen LogP contribution in [0, 0.1) is 0 Å². The van der Waals surface area contributed by atoms with E-state index in [0.29, 0.717) is 33.0 Å². The maximum Gasteiger partial charge on any atom is 0.407 e. The molecule has 1 aliphatic carbocycles. The van der Waals surface area contributed by atoms with Gasteiger partial charge in [-0.3, -0.25) is 0 Å².